The summed E-state index contributed by atoms with van der Waals surface area (Å²) in [6.45, 7) is 9.97. The quantitative estimate of drug-likeness (QED) is 0.838. The van der Waals surface area contributed by atoms with Crippen LogP contribution in [-0.4, -0.2) is 48.1 Å². The summed E-state index contributed by atoms with van der Waals surface area (Å²) in [5.74, 6) is 0.765. The lowest BCUT2D eigenvalue weighted by atomic mass is 9.92. The third-order valence-corrected chi connectivity index (χ3v) is 6.02. The summed E-state index contributed by atoms with van der Waals surface area (Å²) < 4.78 is 0. The number of hydrogen-bond donors (Lipinski definition) is 0. The lowest BCUT2D eigenvalue weighted by Gasteiger charge is -2.50. The Morgan fingerprint density at radius 1 is 1.30 bits per heavy atom. The van der Waals surface area contributed by atoms with Crippen LogP contribution in [0.4, 0.5) is 0 Å². The standard InChI is InChI=1S/C17H28N2S/c1-14(2)17-13-18-9-4-3-6-15(18)12-19(17)10-8-16-7-5-11-20-16/h5,7,11,14-15,17H,3-4,6,8-10,12-13H2,1-2H3. The number of hydrogen-bond acceptors (Lipinski definition) is 3. The molecule has 0 aliphatic carbocycles. The number of fused-ring (bicyclic) bond motifs is 1. The maximum atomic E-state index is 2.79. The van der Waals surface area contributed by atoms with Gasteiger partial charge >= 0.3 is 0 Å². The van der Waals surface area contributed by atoms with Crippen LogP contribution in [0.1, 0.15) is 38.0 Å². The second-order valence-corrected chi connectivity index (χ2v) is 7.81. The van der Waals surface area contributed by atoms with Crippen molar-refractivity contribution in [3.8, 4) is 0 Å². The molecule has 2 fully saturated rings. The molecule has 2 saturated heterocycles. The van der Waals surface area contributed by atoms with Gasteiger partial charge in [0, 0.05) is 36.6 Å². The molecule has 1 aromatic rings. The predicted molar refractivity (Wildman–Crippen MR) is 87.4 cm³/mol. The van der Waals surface area contributed by atoms with Crippen LogP contribution in [0.15, 0.2) is 17.5 Å². The highest BCUT2D eigenvalue weighted by molar-refractivity contribution is 7.09. The maximum Gasteiger partial charge on any atom is 0.0247 e. The molecule has 20 heavy (non-hydrogen) atoms. The summed E-state index contributed by atoms with van der Waals surface area (Å²) in [7, 11) is 0. The Balaban J connectivity index is 1.63. The van der Waals surface area contributed by atoms with Gasteiger partial charge in [-0.2, -0.15) is 0 Å². The van der Waals surface area contributed by atoms with Crippen LogP contribution in [0, 0.1) is 5.92 Å². The van der Waals surface area contributed by atoms with Gasteiger partial charge in [0.2, 0.25) is 0 Å². The fraction of sp³-hybridized carbons (Fsp3) is 0.765. The van der Waals surface area contributed by atoms with Crippen molar-refractivity contribution in [2.24, 2.45) is 5.92 Å². The van der Waals surface area contributed by atoms with E-state index in [1.165, 1.54) is 51.9 Å². The van der Waals surface area contributed by atoms with E-state index in [0.29, 0.717) is 0 Å². The van der Waals surface area contributed by atoms with Gasteiger partial charge in [-0.25, -0.2) is 0 Å². The predicted octanol–water partition coefficient (Wildman–Crippen LogP) is 3.49. The van der Waals surface area contributed by atoms with E-state index < -0.39 is 0 Å². The average molecular weight is 292 g/mol. The summed E-state index contributed by atoms with van der Waals surface area (Å²) in [6.07, 6.45) is 5.50. The minimum absolute atomic E-state index is 0.754. The van der Waals surface area contributed by atoms with Gasteiger partial charge < -0.3 is 0 Å². The molecule has 1 aromatic heterocycles. The third-order valence-electron chi connectivity index (χ3n) is 5.08. The van der Waals surface area contributed by atoms with Crippen LogP contribution >= 0.6 is 11.3 Å². The van der Waals surface area contributed by atoms with Gasteiger partial charge in [0.25, 0.3) is 0 Å². The highest BCUT2D eigenvalue weighted by Crippen LogP contribution is 2.27. The molecule has 0 saturated carbocycles. The molecule has 0 spiro atoms. The fourth-order valence-electron chi connectivity index (χ4n) is 3.87. The van der Waals surface area contributed by atoms with Crippen molar-refractivity contribution in [2.45, 2.75) is 51.6 Å². The molecule has 0 aromatic carbocycles. The molecule has 2 unspecified atom stereocenters. The van der Waals surface area contributed by atoms with Crippen LogP contribution in [0.25, 0.3) is 0 Å². The summed E-state index contributed by atoms with van der Waals surface area (Å²) in [4.78, 5) is 7.10. The number of rotatable bonds is 4. The van der Waals surface area contributed by atoms with Crippen LogP contribution in [0.2, 0.25) is 0 Å². The van der Waals surface area contributed by atoms with E-state index in [4.69, 9.17) is 0 Å². The second-order valence-electron chi connectivity index (χ2n) is 6.78. The van der Waals surface area contributed by atoms with Crippen LogP contribution in [0.3, 0.4) is 0 Å². The van der Waals surface area contributed by atoms with Gasteiger partial charge in [0.15, 0.2) is 0 Å². The van der Waals surface area contributed by atoms with Crippen molar-refractivity contribution in [2.75, 3.05) is 26.2 Å². The van der Waals surface area contributed by atoms with Gasteiger partial charge in [0.1, 0.15) is 0 Å². The molecule has 0 N–H and O–H groups in total. The van der Waals surface area contributed by atoms with Crippen molar-refractivity contribution in [1.82, 2.24) is 9.80 Å². The Bertz CT molecular complexity index is 401. The minimum Gasteiger partial charge on any atom is -0.298 e. The Morgan fingerprint density at radius 3 is 2.95 bits per heavy atom. The van der Waals surface area contributed by atoms with Crippen LogP contribution in [-0.2, 0) is 6.42 Å². The Hall–Kier alpha value is -0.380. The highest BCUT2D eigenvalue weighted by atomic mass is 32.1. The first-order valence-corrected chi connectivity index (χ1v) is 9.12. The summed E-state index contributed by atoms with van der Waals surface area (Å²) in [5, 5.41) is 2.20. The first kappa shape index (κ1) is 14.6. The SMILES string of the molecule is CC(C)C1CN2CCCCC2CN1CCc1cccs1. The van der Waals surface area contributed by atoms with Crippen molar-refractivity contribution in [1.29, 1.82) is 0 Å². The highest BCUT2D eigenvalue weighted by Gasteiger charge is 2.35. The molecule has 2 aliphatic rings. The lowest BCUT2D eigenvalue weighted by Crippen LogP contribution is -2.61. The molecule has 2 atom stereocenters. The van der Waals surface area contributed by atoms with Crippen LogP contribution < -0.4 is 0 Å². The largest absolute Gasteiger partial charge is 0.298 e. The molecule has 3 heteroatoms. The lowest BCUT2D eigenvalue weighted by molar-refractivity contribution is -0.00665. The average Bonchev–Trinajstić information content (AvgIpc) is 2.97. The van der Waals surface area contributed by atoms with Gasteiger partial charge in [-0.15, -0.1) is 11.3 Å². The van der Waals surface area contributed by atoms with Crippen molar-refractivity contribution < 1.29 is 0 Å². The van der Waals surface area contributed by atoms with Crippen molar-refractivity contribution >= 4 is 11.3 Å². The van der Waals surface area contributed by atoms with E-state index in [2.05, 4.69) is 41.2 Å². The fourth-order valence-corrected chi connectivity index (χ4v) is 4.57. The van der Waals surface area contributed by atoms with E-state index in [0.717, 1.165) is 18.0 Å². The molecule has 0 amide bonds. The van der Waals surface area contributed by atoms with Gasteiger partial charge in [0.05, 0.1) is 0 Å². The summed E-state index contributed by atoms with van der Waals surface area (Å²) >= 11 is 1.91. The van der Waals surface area contributed by atoms with E-state index in [9.17, 15) is 0 Å². The maximum absolute atomic E-state index is 2.79. The summed E-state index contributed by atoms with van der Waals surface area (Å²) in [6, 6.07) is 6.05. The van der Waals surface area contributed by atoms with E-state index in [1.807, 2.05) is 11.3 Å². The number of thiophene rings is 1. The number of nitrogens with zero attached hydrogens (tertiary/aromatic N) is 2. The molecule has 3 rings (SSSR count). The molecule has 112 valence electrons. The Kier molecular flexibility index (Phi) is 4.79. The zero-order valence-corrected chi connectivity index (χ0v) is 13.7. The number of piperazine rings is 1. The first-order valence-electron chi connectivity index (χ1n) is 8.24. The first-order chi connectivity index (χ1) is 9.74. The van der Waals surface area contributed by atoms with Crippen molar-refractivity contribution in [3.63, 3.8) is 0 Å². The molecule has 2 nitrogen and oxygen atoms in total. The molecule has 0 radical (unpaired) electrons. The number of piperidine rings is 1. The van der Waals surface area contributed by atoms with Crippen LogP contribution in [0.5, 0.6) is 0 Å². The van der Waals surface area contributed by atoms with Gasteiger partial charge in [-0.05, 0) is 43.2 Å². The normalized spacial score (nSPS) is 28.8. The van der Waals surface area contributed by atoms with Crippen molar-refractivity contribution in [3.05, 3.63) is 22.4 Å². The second kappa shape index (κ2) is 6.59. The zero-order chi connectivity index (χ0) is 13.9. The Labute approximate surface area is 127 Å². The molecule has 2 aliphatic heterocycles. The molecular formula is C17H28N2S. The topological polar surface area (TPSA) is 6.48 Å². The Morgan fingerprint density at radius 2 is 2.20 bits per heavy atom. The molecular weight excluding hydrogens is 264 g/mol. The zero-order valence-electron chi connectivity index (χ0n) is 12.9. The third kappa shape index (κ3) is 3.26. The smallest absolute Gasteiger partial charge is 0.0247 e. The molecule has 0 bridgehead atoms. The summed E-state index contributed by atoms with van der Waals surface area (Å²) in [5.41, 5.74) is 0. The van der Waals surface area contributed by atoms with Gasteiger partial charge in [-0.3, -0.25) is 9.80 Å². The minimum atomic E-state index is 0.754. The van der Waals surface area contributed by atoms with Gasteiger partial charge in [-0.1, -0.05) is 26.3 Å². The monoisotopic (exact) mass is 292 g/mol. The molecule has 3 heterocycles. The van der Waals surface area contributed by atoms with E-state index in [1.54, 1.807) is 4.88 Å². The van der Waals surface area contributed by atoms with E-state index >= 15 is 0 Å². The van der Waals surface area contributed by atoms with E-state index in [-0.39, 0.29) is 0 Å².